The average Bonchev–Trinajstić information content (AvgIpc) is 3.07. The summed E-state index contributed by atoms with van der Waals surface area (Å²) in [7, 11) is 1.60. The highest BCUT2D eigenvalue weighted by atomic mass is 32.2. The van der Waals surface area contributed by atoms with Crippen LogP contribution in [0, 0.1) is 0 Å². The number of carbonyl (C=O) groups excluding carboxylic acids is 2. The van der Waals surface area contributed by atoms with Crippen LogP contribution in [0.15, 0.2) is 23.1 Å². The SMILES string of the molecule is CCCCCCOc1ccc(/C=C2\SC(=S)N(CC(=O)OC3CCCCC3)C2=O)cc1OC. The number of thioether (sulfide) groups is 1. The Morgan fingerprint density at radius 3 is 2.70 bits per heavy atom. The number of carbonyl (C=O) groups is 2. The molecule has 0 radical (unpaired) electrons. The molecule has 0 atom stereocenters. The van der Waals surface area contributed by atoms with Gasteiger partial charge in [-0.15, -0.1) is 0 Å². The molecule has 8 heteroatoms. The van der Waals surface area contributed by atoms with E-state index < -0.39 is 5.97 Å². The highest BCUT2D eigenvalue weighted by Crippen LogP contribution is 2.35. The van der Waals surface area contributed by atoms with Crippen LogP contribution in [0.2, 0.25) is 0 Å². The summed E-state index contributed by atoms with van der Waals surface area (Å²) in [6.07, 6.45) is 11.4. The van der Waals surface area contributed by atoms with Gasteiger partial charge in [0.1, 0.15) is 17.0 Å². The molecule has 1 aliphatic carbocycles. The molecule has 1 saturated carbocycles. The summed E-state index contributed by atoms with van der Waals surface area (Å²) >= 11 is 6.55. The minimum Gasteiger partial charge on any atom is -0.493 e. The van der Waals surface area contributed by atoms with Gasteiger partial charge in [-0.2, -0.15) is 0 Å². The highest BCUT2D eigenvalue weighted by molar-refractivity contribution is 8.26. The van der Waals surface area contributed by atoms with E-state index >= 15 is 0 Å². The van der Waals surface area contributed by atoms with Gasteiger partial charge in [0.05, 0.1) is 18.6 Å². The second-order valence-corrected chi connectivity index (χ2v) is 10.0. The molecule has 180 valence electrons. The van der Waals surface area contributed by atoms with E-state index in [4.69, 9.17) is 26.4 Å². The number of benzene rings is 1. The van der Waals surface area contributed by atoms with Gasteiger partial charge in [-0.25, -0.2) is 0 Å². The van der Waals surface area contributed by atoms with Gasteiger partial charge < -0.3 is 14.2 Å². The lowest BCUT2D eigenvalue weighted by molar-refractivity contribution is -0.152. The molecule has 0 N–H and O–H groups in total. The van der Waals surface area contributed by atoms with Gasteiger partial charge >= 0.3 is 5.97 Å². The van der Waals surface area contributed by atoms with Crippen molar-refractivity contribution in [2.75, 3.05) is 20.3 Å². The normalized spacial score (nSPS) is 18.1. The number of hydrogen-bond donors (Lipinski definition) is 0. The van der Waals surface area contributed by atoms with Gasteiger partial charge in [-0.05, 0) is 55.9 Å². The first-order valence-electron chi connectivity index (χ1n) is 11.8. The van der Waals surface area contributed by atoms with Crippen LogP contribution in [0.4, 0.5) is 0 Å². The van der Waals surface area contributed by atoms with Crippen molar-refractivity contribution in [3.63, 3.8) is 0 Å². The molecular weight excluding hydrogens is 458 g/mol. The number of rotatable bonds is 11. The molecule has 0 unspecified atom stereocenters. The molecule has 2 aliphatic rings. The monoisotopic (exact) mass is 491 g/mol. The Labute approximate surface area is 206 Å². The van der Waals surface area contributed by atoms with Gasteiger partial charge in [0.2, 0.25) is 0 Å². The lowest BCUT2D eigenvalue weighted by Gasteiger charge is -2.23. The number of unbranched alkanes of at least 4 members (excludes halogenated alkanes) is 3. The molecule has 0 bridgehead atoms. The van der Waals surface area contributed by atoms with E-state index in [1.165, 1.54) is 35.9 Å². The predicted molar refractivity (Wildman–Crippen MR) is 135 cm³/mol. The van der Waals surface area contributed by atoms with Crippen molar-refractivity contribution in [3.8, 4) is 11.5 Å². The van der Waals surface area contributed by atoms with Gasteiger partial charge in [0.25, 0.3) is 5.91 Å². The number of ether oxygens (including phenoxy) is 3. The maximum Gasteiger partial charge on any atom is 0.326 e. The van der Waals surface area contributed by atoms with Crippen molar-refractivity contribution in [2.24, 2.45) is 0 Å². The zero-order valence-corrected chi connectivity index (χ0v) is 21.1. The fourth-order valence-electron chi connectivity index (χ4n) is 3.93. The van der Waals surface area contributed by atoms with Crippen molar-refractivity contribution < 1.29 is 23.8 Å². The summed E-state index contributed by atoms with van der Waals surface area (Å²) in [6.45, 7) is 2.68. The maximum atomic E-state index is 12.9. The topological polar surface area (TPSA) is 65.1 Å². The van der Waals surface area contributed by atoms with Gasteiger partial charge in [0, 0.05) is 0 Å². The standard InChI is InChI=1S/C25H33NO5S2/c1-3-4-5-9-14-30-20-13-12-18(15-21(20)29-2)16-22-24(28)26(25(32)33-22)17-23(27)31-19-10-7-6-8-11-19/h12-13,15-16,19H,3-11,14,17H2,1-2H3/b22-16-. The molecule has 1 heterocycles. The van der Waals surface area contributed by atoms with Crippen LogP contribution in [0.25, 0.3) is 6.08 Å². The van der Waals surface area contributed by atoms with Crippen LogP contribution in [0.3, 0.4) is 0 Å². The van der Waals surface area contributed by atoms with E-state index in [2.05, 4.69) is 6.92 Å². The van der Waals surface area contributed by atoms with Crippen molar-refractivity contribution in [1.29, 1.82) is 0 Å². The molecule has 1 amide bonds. The van der Waals surface area contributed by atoms with E-state index in [-0.39, 0.29) is 18.6 Å². The van der Waals surface area contributed by atoms with E-state index in [1.807, 2.05) is 18.2 Å². The summed E-state index contributed by atoms with van der Waals surface area (Å²) in [4.78, 5) is 27.0. The summed E-state index contributed by atoms with van der Waals surface area (Å²) in [5, 5.41) is 0. The fraction of sp³-hybridized carbons (Fsp3) is 0.560. The fourth-order valence-corrected chi connectivity index (χ4v) is 5.18. The third-order valence-electron chi connectivity index (χ3n) is 5.75. The summed E-state index contributed by atoms with van der Waals surface area (Å²) in [5.41, 5.74) is 0.801. The molecule has 33 heavy (non-hydrogen) atoms. The van der Waals surface area contributed by atoms with E-state index in [9.17, 15) is 9.59 Å². The smallest absolute Gasteiger partial charge is 0.326 e. The summed E-state index contributed by atoms with van der Waals surface area (Å²) in [5.74, 6) is 0.623. The number of esters is 1. The van der Waals surface area contributed by atoms with E-state index in [0.29, 0.717) is 27.3 Å². The Bertz CT molecular complexity index is 880. The molecule has 1 saturated heterocycles. The number of amides is 1. The minimum absolute atomic E-state index is 0.0416. The first-order valence-corrected chi connectivity index (χ1v) is 13.0. The quantitative estimate of drug-likeness (QED) is 0.169. The zero-order valence-electron chi connectivity index (χ0n) is 19.5. The lowest BCUT2D eigenvalue weighted by atomic mass is 9.98. The van der Waals surface area contributed by atoms with Crippen LogP contribution < -0.4 is 9.47 Å². The number of hydrogen-bond acceptors (Lipinski definition) is 7. The van der Waals surface area contributed by atoms with Gasteiger partial charge in [-0.1, -0.05) is 62.7 Å². The van der Waals surface area contributed by atoms with E-state index in [1.54, 1.807) is 13.2 Å². The number of thiocarbonyl (C=S) groups is 1. The molecule has 1 aromatic carbocycles. The Kier molecular flexibility index (Phi) is 10.1. The predicted octanol–water partition coefficient (Wildman–Crippen LogP) is 5.73. The second-order valence-electron chi connectivity index (χ2n) is 8.34. The third kappa shape index (κ3) is 7.47. The first kappa shape index (κ1) is 25.6. The third-order valence-corrected chi connectivity index (χ3v) is 7.13. The molecular formula is C25H33NO5S2. The highest BCUT2D eigenvalue weighted by Gasteiger charge is 2.34. The molecule has 0 spiro atoms. The Morgan fingerprint density at radius 2 is 1.97 bits per heavy atom. The Morgan fingerprint density at radius 1 is 1.18 bits per heavy atom. The number of methoxy groups -OCH3 is 1. The summed E-state index contributed by atoms with van der Waals surface area (Å²) in [6, 6.07) is 5.58. The first-order chi connectivity index (χ1) is 16.0. The van der Waals surface area contributed by atoms with Crippen LogP contribution in [-0.4, -0.2) is 47.5 Å². The van der Waals surface area contributed by atoms with Crippen LogP contribution in [0.1, 0.15) is 70.3 Å². The average molecular weight is 492 g/mol. The Balaban J connectivity index is 1.60. The van der Waals surface area contributed by atoms with Crippen molar-refractivity contribution >= 4 is 46.3 Å². The van der Waals surface area contributed by atoms with Gasteiger partial charge in [0.15, 0.2) is 11.5 Å². The van der Waals surface area contributed by atoms with Crippen LogP contribution >= 0.6 is 24.0 Å². The van der Waals surface area contributed by atoms with E-state index in [0.717, 1.165) is 44.1 Å². The summed E-state index contributed by atoms with van der Waals surface area (Å²) < 4.78 is 17.3. The van der Waals surface area contributed by atoms with Crippen LogP contribution in [0.5, 0.6) is 11.5 Å². The largest absolute Gasteiger partial charge is 0.493 e. The van der Waals surface area contributed by atoms with Crippen molar-refractivity contribution in [1.82, 2.24) is 4.90 Å². The second kappa shape index (κ2) is 13.0. The molecule has 2 fully saturated rings. The maximum absolute atomic E-state index is 12.9. The molecule has 6 nitrogen and oxygen atoms in total. The van der Waals surface area contributed by atoms with Crippen molar-refractivity contribution in [2.45, 2.75) is 70.8 Å². The molecule has 3 rings (SSSR count). The lowest BCUT2D eigenvalue weighted by Crippen LogP contribution is -2.36. The zero-order chi connectivity index (χ0) is 23.6. The molecule has 0 aromatic heterocycles. The van der Waals surface area contributed by atoms with Crippen LogP contribution in [-0.2, 0) is 14.3 Å². The molecule has 1 aliphatic heterocycles. The molecule has 1 aromatic rings. The van der Waals surface area contributed by atoms with Gasteiger partial charge in [-0.3, -0.25) is 14.5 Å². The Hall–Kier alpha value is -2.06. The minimum atomic E-state index is -0.401. The van der Waals surface area contributed by atoms with Crippen molar-refractivity contribution in [3.05, 3.63) is 28.7 Å². The number of nitrogens with zero attached hydrogens (tertiary/aromatic N) is 1.